The second kappa shape index (κ2) is 10.3. The van der Waals surface area contributed by atoms with Gasteiger partial charge in [0.15, 0.2) is 0 Å². The van der Waals surface area contributed by atoms with Gasteiger partial charge in [0.05, 0.1) is 0 Å². The maximum atomic E-state index is 13.3. The molecule has 1 aromatic carbocycles. The number of anilines is 1. The molecule has 0 bridgehead atoms. The summed E-state index contributed by atoms with van der Waals surface area (Å²) in [4.78, 5) is 26.2. The summed E-state index contributed by atoms with van der Waals surface area (Å²) < 4.78 is 6.99. The van der Waals surface area contributed by atoms with Gasteiger partial charge in [0.25, 0.3) is 5.91 Å². The normalized spacial score (nSPS) is 22.8. The Morgan fingerprint density at radius 2 is 1.72 bits per heavy atom. The zero-order valence-electron chi connectivity index (χ0n) is 19.0. The van der Waals surface area contributed by atoms with Gasteiger partial charge in [-0.15, -0.1) is 0 Å². The number of rotatable bonds is 6. The van der Waals surface area contributed by atoms with E-state index in [0.717, 1.165) is 57.4 Å². The fourth-order valence-corrected chi connectivity index (χ4v) is 4.92. The van der Waals surface area contributed by atoms with Crippen molar-refractivity contribution < 1.29 is 14.3 Å². The molecule has 1 saturated carbocycles. The van der Waals surface area contributed by atoms with Gasteiger partial charge >= 0.3 is 0 Å². The largest absolute Gasteiger partial charge is 0.381 e. The van der Waals surface area contributed by atoms with Crippen molar-refractivity contribution >= 4 is 17.5 Å². The lowest BCUT2D eigenvalue weighted by molar-refractivity contribution is -0.119. The minimum Gasteiger partial charge on any atom is -0.381 e. The van der Waals surface area contributed by atoms with E-state index in [1.807, 2.05) is 12.1 Å². The molecule has 1 aliphatic carbocycles. The topological polar surface area (TPSA) is 85.2 Å². The van der Waals surface area contributed by atoms with E-state index in [1.165, 1.54) is 10.2 Å². The molecular formula is C25H34N4O3. The zero-order valence-corrected chi connectivity index (χ0v) is 19.0. The minimum atomic E-state index is -0.569. The summed E-state index contributed by atoms with van der Waals surface area (Å²) >= 11 is 0. The highest BCUT2D eigenvalue weighted by atomic mass is 16.5. The molecule has 172 valence electrons. The number of hydrogen-bond acceptors (Lipinski definition) is 4. The Balaban J connectivity index is 1.45. The van der Waals surface area contributed by atoms with Gasteiger partial charge in [-0.05, 0) is 67.2 Å². The Hall–Kier alpha value is -2.67. The van der Waals surface area contributed by atoms with Crippen molar-refractivity contribution in [3.63, 3.8) is 0 Å². The van der Waals surface area contributed by atoms with Crippen LogP contribution in [0.1, 0.15) is 67.4 Å². The number of nitrogens with one attached hydrogen (secondary N) is 2. The third-order valence-electron chi connectivity index (χ3n) is 7.03. The Morgan fingerprint density at radius 3 is 2.34 bits per heavy atom. The first-order valence-electron chi connectivity index (χ1n) is 11.8. The summed E-state index contributed by atoms with van der Waals surface area (Å²) in [6, 6.07) is 9.22. The van der Waals surface area contributed by atoms with E-state index >= 15 is 0 Å². The third-order valence-corrected chi connectivity index (χ3v) is 7.03. The lowest BCUT2D eigenvalue weighted by atomic mass is 9.79. The lowest BCUT2D eigenvalue weighted by Crippen LogP contribution is -2.49. The van der Waals surface area contributed by atoms with Gasteiger partial charge in [-0.25, -0.2) is 0 Å². The molecule has 2 fully saturated rings. The van der Waals surface area contributed by atoms with Gasteiger partial charge < -0.3 is 15.4 Å². The van der Waals surface area contributed by atoms with Crippen LogP contribution < -0.4 is 10.6 Å². The van der Waals surface area contributed by atoms with Crippen molar-refractivity contribution in [2.24, 2.45) is 18.9 Å². The van der Waals surface area contributed by atoms with E-state index in [2.05, 4.69) is 34.8 Å². The summed E-state index contributed by atoms with van der Waals surface area (Å²) in [5, 5.41) is 10.1. The van der Waals surface area contributed by atoms with E-state index in [9.17, 15) is 9.59 Å². The van der Waals surface area contributed by atoms with Gasteiger partial charge in [-0.2, -0.15) is 5.10 Å². The van der Waals surface area contributed by atoms with Gasteiger partial charge in [0.1, 0.15) is 11.7 Å². The van der Waals surface area contributed by atoms with E-state index in [4.69, 9.17) is 4.74 Å². The molecule has 4 rings (SSSR count). The summed E-state index contributed by atoms with van der Waals surface area (Å²) in [5.74, 6) is 0.895. The number of ether oxygens (including phenoxy) is 1. The van der Waals surface area contributed by atoms with Crippen LogP contribution in [0.15, 0.2) is 36.5 Å². The van der Waals surface area contributed by atoms with E-state index in [0.29, 0.717) is 17.5 Å². The molecule has 0 radical (unpaired) electrons. The first-order valence-corrected chi connectivity index (χ1v) is 11.8. The molecule has 1 aromatic heterocycles. The van der Waals surface area contributed by atoms with Crippen LogP contribution in [-0.4, -0.2) is 40.9 Å². The highest BCUT2D eigenvalue weighted by Gasteiger charge is 2.33. The van der Waals surface area contributed by atoms with Gasteiger partial charge in [0.2, 0.25) is 5.91 Å². The molecule has 1 saturated heterocycles. The SMILES string of the molecule is CC1CCC([C@H](NC(=O)c2ccnn2C)C(=O)Nc2ccc(C3CCOCC3)cc2)CC1. The third kappa shape index (κ3) is 5.38. The summed E-state index contributed by atoms with van der Waals surface area (Å²) in [6.45, 7) is 3.86. The monoisotopic (exact) mass is 438 g/mol. The molecule has 0 unspecified atom stereocenters. The van der Waals surface area contributed by atoms with Crippen molar-refractivity contribution in [3.05, 3.63) is 47.8 Å². The van der Waals surface area contributed by atoms with Crippen LogP contribution >= 0.6 is 0 Å². The predicted octanol–water partition coefficient (Wildman–Crippen LogP) is 3.88. The quantitative estimate of drug-likeness (QED) is 0.717. The smallest absolute Gasteiger partial charge is 0.270 e. The van der Waals surface area contributed by atoms with E-state index < -0.39 is 6.04 Å². The molecular weight excluding hydrogens is 404 g/mol. The first-order chi connectivity index (χ1) is 15.5. The molecule has 7 nitrogen and oxygen atoms in total. The maximum Gasteiger partial charge on any atom is 0.270 e. The number of aryl methyl sites for hydroxylation is 1. The second-order valence-electron chi connectivity index (χ2n) is 9.31. The maximum absolute atomic E-state index is 13.3. The summed E-state index contributed by atoms with van der Waals surface area (Å²) in [7, 11) is 1.73. The van der Waals surface area contributed by atoms with Gasteiger partial charge in [0, 0.05) is 32.1 Å². The first kappa shape index (κ1) is 22.5. The lowest BCUT2D eigenvalue weighted by Gasteiger charge is -2.32. The van der Waals surface area contributed by atoms with Gasteiger partial charge in [-0.3, -0.25) is 14.3 Å². The van der Waals surface area contributed by atoms with Crippen molar-refractivity contribution in [2.45, 2.75) is 57.4 Å². The van der Waals surface area contributed by atoms with Crippen LogP contribution in [0, 0.1) is 11.8 Å². The average Bonchev–Trinajstić information content (AvgIpc) is 3.25. The molecule has 2 heterocycles. The van der Waals surface area contributed by atoms with E-state index in [1.54, 1.807) is 19.3 Å². The molecule has 2 amide bonds. The molecule has 32 heavy (non-hydrogen) atoms. The van der Waals surface area contributed by atoms with Gasteiger partial charge in [-0.1, -0.05) is 31.9 Å². The van der Waals surface area contributed by atoms with Crippen LogP contribution in [0.2, 0.25) is 0 Å². The van der Waals surface area contributed by atoms with Crippen molar-refractivity contribution in [3.8, 4) is 0 Å². The van der Waals surface area contributed by atoms with Crippen molar-refractivity contribution in [2.75, 3.05) is 18.5 Å². The number of hydrogen-bond donors (Lipinski definition) is 2. The molecule has 2 aromatic rings. The van der Waals surface area contributed by atoms with Crippen molar-refractivity contribution in [1.29, 1.82) is 0 Å². The van der Waals surface area contributed by atoms with Crippen LogP contribution in [0.3, 0.4) is 0 Å². The number of carbonyl (C=O) groups is 2. The number of amides is 2. The predicted molar refractivity (Wildman–Crippen MR) is 123 cm³/mol. The highest BCUT2D eigenvalue weighted by molar-refractivity contribution is 6.00. The van der Waals surface area contributed by atoms with Crippen LogP contribution in [0.4, 0.5) is 5.69 Å². The molecule has 0 spiro atoms. The highest BCUT2D eigenvalue weighted by Crippen LogP contribution is 2.31. The summed E-state index contributed by atoms with van der Waals surface area (Å²) in [6.07, 6.45) is 7.70. The fourth-order valence-electron chi connectivity index (χ4n) is 4.92. The number of nitrogens with zero attached hydrogens (tertiary/aromatic N) is 2. The number of carbonyl (C=O) groups excluding carboxylic acids is 2. The Morgan fingerprint density at radius 1 is 1.03 bits per heavy atom. The molecule has 1 atom stereocenters. The number of aromatic nitrogens is 2. The molecule has 7 heteroatoms. The Kier molecular flexibility index (Phi) is 7.25. The Bertz CT molecular complexity index is 910. The Labute approximate surface area is 189 Å². The van der Waals surface area contributed by atoms with Crippen LogP contribution in [0.25, 0.3) is 0 Å². The number of benzene rings is 1. The zero-order chi connectivity index (χ0) is 22.5. The average molecular weight is 439 g/mol. The minimum absolute atomic E-state index is 0.130. The fraction of sp³-hybridized carbons (Fsp3) is 0.560. The molecule has 2 aliphatic rings. The van der Waals surface area contributed by atoms with E-state index in [-0.39, 0.29) is 17.7 Å². The second-order valence-corrected chi connectivity index (χ2v) is 9.31. The standard InChI is InChI=1S/C25H34N4O3/c1-17-3-5-20(6-4-17)23(28-24(30)22-11-14-26-29(22)2)25(31)27-21-9-7-18(8-10-21)19-12-15-32-16-13-19/h7-11,14,17,19-20,23H,3-6,12-13,15-16H2,1-2H3,(H,27,31)(H,28,30)/t17?,20?,23-/m0/s1. The summed E-state index contributed by atoms with van der Waals surface area (Å²) in [5.41, 5.74) is 2.50. The van der Waals surface area contributed by atoms with Crippen LogP contribution in [0.5, 0.6) is 0 Å². The molecule has 1 aliphatic heterocycles. The van der Waals surface area contributed by atoms with Crippen LogP contribution in [-0.2, 0) is 16.6 Å². The molecule has 2 N–H and O–H groups in total. The van der Waals surface area contributed by atoms with Crippen molar-refractivity contribution in [1.82, 2.24) is 15.1 Å².